The lowest BCUT2D eigenvalue weighted by molar-refractivity contribution is -0.148. The van der Waals surface area contributed by atoms with Gasteiger partial charge in [-0.15, -0.1) is 0 Å². The number of halogens is 1. The topological polar surface area (TPSA) is 73.9 Å². The molecule has 1 aliphatic heterocycles. The van der Waals surface area contributed by atoms with Crippen LogP contribution in [-0.2, 0) is 14.3 Å². The van der Waals surface area contributed by atoms with Crippen LogP contribution in [0.3, 0.4) is 0 Å². The molecule has 1 amide bonds. The Morgan fingerprint density at radius 3 is 2.23 bits per heavy atom. The first kappa shape index (κ1) is 19.8. The molecule has 0 aliphatic carbocycles. The number of esters is 1. The van der Waals surface area contributed by atoms with E-state index in [-0.39, 0.29) is 0 Å². The number of methoxy groups -OCH3 is 1. The van der Waals surface area contributed by atoms with Crippen molar-refractivity contribution >= 4 is 29.2 Å². The van der Waals surface area contributed by atoms with Crippen molar-refractivity contribution in [3.63, 3.8) is 0 Å². The van der Waals surface area contributed by atoms with Crippen LogP contribution in [0.1, 0.15) is 17.0 Å². The fourth-order valence-corrected chi connectivity index (χ4v) is 3.58. The van der Waals surface area contributed by atoms with Crippen LogP contribution in [0.2, 0.25) is 5.02 Å². The number of hydrogen-bond donors (Lipinski definition) is 1. The van der Waals surface area contributed by atoms with Gasteiger partial charge >= 0.3 is 5.97 Å². The van der Waals surface area contributed by atoms with Crippen LogP contribution >= 0.6 is 11.6 Å². The van der Waals surface area contributed by atoms with Crippen molar-refractivity contribution in [2.75, 3.05) is 19.0 Å². The minimum Gasteiger partial charge on any atom is -0.495 e. The van der Waals surface area contributed by atoms with Crippen LogP contribution in [0, 0.1) is 0 Å². The van der Waals surface area contributed by atoms with Crippen molar-refractivity contribution < 1.29 is 23.8 Å². The van der Waals surface area contributed by atoms with Crippen molar-refractivity contribution in [1.29, 1.82) is 0 Å². The van der Waals surface area contributed by atoms with E-state index in [0.29, 0.717) is 39.1 Å². The summed E-state index contributed by atoms with van der Waals surface area (Å²) in [7, 11) is 1.51. The monoisotopic (exact) mass is 423 g/mol. The van der Waals surface area contributed by atoms with Gasteiger partial charge in [0.1, 0.15) is 23.2 Å². The molecular weight excluding hydrogens is 406 g/mol. The predicted molar refractivity (Wildman–Crippen MR) is 112 cm³/mol. The molecule has 0 unspecified atom stereocenters. The van der Waals surface area contributed by atoms with E-state index in [1.165, 1.54) is 7.11 Å². The Kier molecular flexibility index (Phi) is 5.59. The highest BCUT2D eigenvalue weighted by Gasteiger charge is 2.33. The predicted octanol–water partition coefficient (Wildman–Crippen LogP) is 4.77. The van der Waals surface area contributed by atoms with E-state index in [9.17, 15) is 9.59 Å². The molecule has 0 aromatic heterocycles. The Morgan fingerprint density at radius 1 is 1.00 bits per heavy atom. The number of amides is 1. The molecule has 3 aromatic rings. The maximum atomic E-state index is 12.9. The smallest absolute Gasteiger partial charge is 0.318 e. The number of carbonyl (C=O) groups is 2. The molecule has 0 radical (unpaired) electrons. The quantitative estimate of drug-likeness (QED) is 0.598. The van der Waals surface area contributed by atoms with Gasteiger partial charge in [0.05, 0.1) is 12.1 Å². The van der Waals surface area contributed by atoms with Crippen LogP contribution in [0.25, 0.3) is 0 Å². The summed E-state index contributed by atoms with van der Waals surface area (Å²) in [4.78, 5) is 25.2. The number of nitrogens with one attached hydrogen (secondary N) is 1. The van der Waals surface area contributed by atoms with Gasteiger partial charge in [0, 0.05) is 16.8 Å². The van der Waals surface area contributed by atoms with E-state index in [1.807, 2.05) is 36.4 Å². The van der Waals surface area contributed by atoms with E-state index in [1.54, 1.807) is 30.3 Å². The molecule has 0 fully saturated rings. The molecule has 0 spiro atoms. The Morgan fingerprint density at radius 2 is 1.63 bits per heavy atom. The fraction of sp³-hybridized carbons (Fsp3) is 0.130. The van der Waals surface area contributed by atoms with Crippen LogP contribution in [0.5, 0.6) is 17.2 Å². The van der Waals surface area contributed by atoms with Crippen molar-refractivity contribution in [2.45, 2.75) is 5.92 Å². The van der Waals surface area contributed by atoms with Crippen molar-refractivity contribution in [2.24, 2.45) is 0 Å². The SMILES string of the molecule is COc1ccc(NC(=O)COC(=O)C2c3ccccc3Oc3ccccc32)cc1Cl. The van der Waals surface area contributed by atoms with Gasteiger partial charge in [-0.3, -0.25) is 9.59 Å². The average Bonchev–Trinajstić information content (AvgIpc) is 2.76. The van der Waals surface area contributed by atoms with Crippen molar-refractivity contribution in [1.82, 2.24) is 0 Å². The van der Waals surface area contributed by atoms with Gasteiger partial charge in [-0.2, -0.15) is 0 Å². The van der Waals surface area contributed by atoms with Gasteiger partial charge in [0.15, 0.2) is 6.61 Å². The Bertz CT molecular complexity index is 1070. The van der Waals surface area contributed by atoms with Crippen LogP contribution in [0.15, 0.2) is 66.7 Å². The van der Waals surface area contributed by atoms with Crippen LogP contribution in [-0.4, -0.2) is 25.6 Å². The lowest BCUT2D eigenvalue weighted by Crippen LogP contribution is -2.26. The molecule has 0 atom stereocenters. The summed E-state index contributed by atoms with van der Waals surface area (Å²) in [6.45, 7) is -0.426. The normalized spacial score (nSPS) is 12.2. The summed E-state index contributed by atoms with van der Waals surface area (Å²) in [6.07, 6.45) is 0. The highest BCUT2D eigenvalue weighted by Crippen LogP contribution is 2.44. The lowest BCUT2D eigenvalue weighted by atomic mass is 9.88. The van der Waals surface area contributed by atoms with Crippen LogP contribution in [0.4, 0.5) is 5.69 Å². The zero-order valence-electron chi connectivity index (χ0n) is 16.1. The summed E-state index contributed by atoms with van der Waals surface area (Å²) in [5.74, 6) is 0.0117. The summed E-state index contributed by atoms with van der Waals surface area (Å²) < 4.78 is 16.3. The van der Waals surface area contributed by atoms with E-state index < -0.39 is 24.4 Å². The Labute approximate surface area is 178 Å². The first-order valence-electron chi connectivity index (χ1n) is 9.22. The molecule has 1 N–H and O–H groups in total. The second kappa shape index (κ2) is 8.47. The van der Waals surface area contributed by atoms with E-state index in [2.05, 4.69) is 5.32 Å². The molecule has 0 saturated heterocycles. The lowest BCUT2D eigenvalue weighted by Gasteiger charge is -2.26. The van der Waals surface area contributed by atoms with Gasteiger partial charge in [-0.25, -0.2) is 0 Å². The van der Waals surface area contributed by atoms with Gasteiger partial charge in [-0.1, -0.05) is 48.0 Å². The highest BCUT2D eigenvalue weighted by molar-refractivity contribution is 6.32. The summed E-state index contributed by atoms with van der Waals surface area (Å²) in [5.41, 5.74) is 1.87. The van der Waals surface area contributed by atoms with Crippen molar-refractivity contribution in [3.8, 4) is 17.2 Å². The van der Waals surface area contributed by atoms with Gasteiger partial charge in [-0.05, 0) is 30.3 Å². The third-order valence-corrected chi connectivity index (χ3v) is 4.99. The average molecular weight is 424 g/mol. The number of benzene rings is 3. The Hall–Kier alpha value is -3.51. The maximum Gasteiger partial charge on any atom is 0.318 e. The fourth-order valence-electron chi connectivity index (χ4n) is 3.33. The Balaban J connectivity index is 1.47. The first-order chi connectivity index (χ1) is 14.6. The number of hydrogen-bond acceptors (Lipinski definition) is 5. The largest absolute Gasteiger partial charge is 0.495 e. The van der Waals surface area contributed by atoms with Gasteiger partial charge < -0.3 is 19.5 Å². The molecule has 1 heterocycles. The van der Waals surface area contributed by atoms with E-state index in [4.69, 9.17) is 25.8 Å². The number of carbonyl (C=O) groups excluding carboxylic acids is 2. The summed E-state index contributed by atoms with van der Waals surface area (Å²) in [5, 5.41) is 3.01. The third kappa shape index (κ3) is 3.95. The number of para-hydroxylation sites is 2. The second-order valence-corrected chi connectivity index (χ2v) is 7.02. The molecular formula is C23H18ClNO5. The number of ether oxygens (including phenoxy) is 3. The standard InChI is InChI=1S/C23H18ClNO5/c1-28-20-11-10-14(12-17(20)24)25-21(26)13-29-23(27)22-15-6-2-4-8-18(15)30-19-9-5-3-7-16(19)22/h2-12,22H,13H2,1H3,(H,25,26). The molecule has 30 heavy (non-hydrogen) atoms. The minimum absolute atomic E-state index is 0.364. The third-order valence-electron chi connectivity index (χ3n) is 4.70. The second-order valence-electron chi connectivity index (χ2n) is 6.62. The summed E-state index contributed by atoms with van der Waals surface area (Å²) in [6, 6.07) is 19.4. The maximum absolute atomic E-state index is 12.9. The summed E-state index contributed by atoms with van der Waals surface area (Å²) >= 11 is 6.06. The minimum atomic E-state index is -0.672. The van der Waals surface area contributed by atoms with Gasteiger partial charge in [0.2, 0.25) is 0 Å². The molecule has 6 nitrogen and oxygen atoms in total. The molecule has 152 valence electrons. The first-order valence-corrected chi connectivity index (χ1v) is 9.60. The number of anilines is 1. The molecule has 3 aromatic carbocycles. The number of fused-ring (bicyclic) bond motifs is 2. The highest BCUT2D eigenvalue weighted by atomic mass is 35.5. The van der Waals surface area contributed by atoms with E-state index in [0.717, 1.165) is 0 Å². The molecule has 4 rings (SSSR count). The number of rotatable bonds is 5. The zero-order chi connectivity index (χ0) is 21.1. The molecule has 1 aliphatic rings. The van der Waals surface area contributed by atoms with Crippen LogP contribution < -0.4 is 14.8 Å². The van der Waals surface area contributed by atoms with E-state index >= 15 is 0 Å². The molecule has 7 heteroatoms. The van der Waals surface area contributed by atoms with Crippen molar-refractivity contribution in [3.05, 3.63) is 82.9 Å². The molecule has 0 saturated carbocycles. The zero-order valence-corrected chi connectivity index (χ0v) is 16.8. The van der Waals surface area contributed by atoms with Gasteiger partial charge in [0.25, 0.3) is 5.91 Å². The molecule has 0 bridgehead atoms.